The number of rotatable bonds is 6. The zero-order valence-corrected chi connectivity index (χ0v) is 8.88. The Kier molecular flexibility index (Phi) is 3.49. The minimum Gasteiger partial charge on any atom is -0.481 e. The van der Waals surface area contributed by atoms with Crippen LogP contribution < -0.4 is 4.72 Å². The Balaban J connectivity index is 2.42. The van der Waals surface area contributed by atoms with Gasteiger partial charge >= 0.3 is 5.97 Å². The summed E-state index contributed by atoms with van der Waals surface area (Å²) in [5, 5.41) is 8.41. The van der Waals surface area contributed by atoms with Crippen molar-refractivity contribution in [3.63, 3.8) is 0 Å². The van der Waals surface area contributed by atoms with Crippen LogP contribution in [-0.2, 0) is 14.8 Å². The number of sulfonamides is 1. The average Bonchev–Trinajstić information content (AvgIpc) is 2.86. The van der Waals surface area contributed by atoms with Gasteiger partial charge in [-0.1, -0.05) is 6.92 Å². The number of carbonyl (C=O) groups is 1. The first-order chi connectivity index (χ1) is 6.47. The van der Waals surface area contributed by atoms with Crippen molar-refractivity contribution in [2.24, 2.45) is 5.92 Å². The molecule has 0 aromatic heterocycles. The summed E-state index contributed by atoms with van der Waals surface area (Å²) in [6.45, 7) is 1.73. The second-order valence-corrected chi connectivity index (χ2v) is 5.58. The Hall–Kier alpha value is -0.620. The smallest absolute Gasteiger partial charge is 0.307 e. The van der Waals surface area contributed by atoms with E-state index in [9.17, 15) is 13.2 Å². The molecule has 1 unspecified atom stereocenters. The van der Waals surface area contributed by atoms with E-state index in [4.69, 9.17) is 5.11 Å². The van der Waals surface area contributed by atoms with E-state index in [1.807, 2.05) is 0 Å². The Morgan fingerprint density at radius 2 is 2.14 bits per heavy atom. The average molecular weight is 221 g/mol. The number of hydrogen-bond donors (Lipinski definition) is 2. The van der Waals surface area contributed by atoms with Gasteiger partial charge in [0.25, 0.3) is 0 Å². The SMILES string of the molecule is CCC(CNS(=O)(=O)C1CC1)C(=O)O. The Bertz CT molecular complexity index is 307. The van der Waals surface area contributed by atoms with Gasteiger partial charge in [-0.05, 0) is 19.3 Å². The van der Waals surface area contributed by atoms with E-state index in [1.54, 1.807) is 6.92 Å². The summed E-state index contributed by atoms with van der Waals surface area (Å²) in [5.41, 5.74) is 0. The van der Waals surface area contributed by atoms with E-state index in [-0.39, 0.29) is 11.8 Å². The minimum absolute atomic E-state index is 0.00463. The number of carboxylic acids is 1. The van der Waals surface area contributed by atoms with Crippen molar-refractivity contribution < 1.29 is 18.3 Å². The van der Waals surface area contributed by atoms with Crippen molar-refractivity contribution in [2.75, 3.05) is 6.54 Å². The van der Waals surface area contributed by atoms with Gasteiger partial charge in [-0.2, -0.15) is 0 Å². The van der Waals surface area contributed by atoms with Gasteiger partial charge in [0.15, 0.2) is 0 Å². The lowest BCUT2D eigenvalue weighted by molar-refractivity contribution is -0.141. The van der Waals surface area contributed by atoms with E-state index < -0.39 is 21.9 Å². The third-order valence-electron chi connectivity index (χ3n) is 2.34. The highest BCUT2D eigenvalue weighted by molar-refractivity contribution is 7.90. The van der Waals surface area contributed by atoms with Crippen LogP contribution in [-0.4, -0.2) is 31.3 Å². The first-order valence-corrected chi connectivity index (χ1v) is 6.23. The molecule has 0 heterocycles. The van der Waals surface area contributed by atoms with E-state index in [0.29, 0.717) is 19.3 Å². The number of nitrogens with one attached hydrogen (secondary N) is 1. The van der Waals surface area contributed by atoms with Crippen LogP contribution in [0.15, 0.2) is 0 Å². The van der Waals surface area contributed by atoms with Crippen LogP contribution >= 0.6 is 0 Å². The second kappa shape index (κ2) is 4.27. The van der Waals surface area contributed by atoms with Crippen LogP contribution in [0.25, 0.3) is 0 Å². The fourth-order valence-electron chi connectivity index (χ4n) is 1.12. The molecule has 6 heteroatoms. The molecule has 1 aliphatic carbocycles. The molecule has 1 fully saturated rings. The molecule has 82 valence electrons. The lowest BCUT2D eigenvalue weighted by Crippen LogP contribution is -2.34. The molecule has 1 rings (SSSR count). The molecule has 0 bridgehead atoms. The molecule has 2 N–H and O–H groups in total. The van der Waals surface area contributed by atoms with Gasteiger partial charge in [-0.25, -0.2) is 13.1 Å². The summed E-state index contributed by atoms with van der Waals surface area (Å²) < 4.78 is 25.0. The molecule has 0 saturated heterocycles. The van der Waals surface area contributed by atoms with Crippen LogP contribution in [0, 0.1) is 5.92 Å². The van der Waals surface area contributed by atoms with E-state index >= 15 is 0 Å². The third-order valence-corrected chi connectivity index (χ3v) is 4.25. The van der Waals surface area contributed by atoms with Gasteiger partial charge in [0, 0.05) is 6.54 Å². The highest BCUT2D eigenvalue weighted by Gasteiger charge is 2.35. The van der Waals surface area contributed by atoms with Crippen LogP contribution in [0.3, 0.4) is 0 Å². The molecule has 5 nitrogen and oxygen atoms in total. The van der Waals surface area contributed by atoms with Crippen LogP contribution in [0.5, 0.6) is 0 Å². The Morgan fingerprint density at radius 1 is 1.57 bits per heavy atom. The highest BCUT2D eigenvalue weighted by atomic mass is 32.2. The van der Waals surface area contributed by atoms with Crippen LogP contribution in [0.4, 0.5) is 0 Å². The van der Waals surface area contributed by atoms with Crippen molar-refractivity contribution >= 4 is 16.0 Å². The predicted molar refractivity (Wildman–Crippen MR) is 51.4 cm³/mol. The lowest BCUT2D eigenvalue weighted by Gasteiger charge is -2.10. The Morgan fingerprint density at radius 3 is 2.50 bits per heavy atom. The van der Waals surface area contributed by atoms with Crippen LogP contribution in [0.1, 0.15) is 26.2 Å². The standard InChI is InChI=1S/C8H15NO4S/c1-2-6(8(10)11)5-9-14(12,13)7-3-4-7/h6-7,9H,2-5H2,1H3,(H,10,11). The molecule has 1 saturated carbocycles. The number of hydrogen-bond acceptors (Lipinski definition) is 3. The molecule has 0 aromatic carbocycles. The van der Waals surface area contributed by atoms with E-state index in [0.717, 1.165) is 0 Å². The largest absolute Gasteiger partial charge is 0.481 e. The molecule has 0 aliphatic heterocycles. The summed E-state index contributed by atoms with van der Waals surface area (Å²) in [7, 11) is -3.24. The number of carboxylic acid groups (broad SMARTS) is 1. The number of aliphatic carboxylic acids is 1. The molecular formula is C8H15NO4S. The summed E-state index contributed by atoms with van der Waals surface area (Å²) in [6.07, 6.45) is 1.82. The zero-order valence-electron chi connectivity index (χ0n) is 8.06. The molecule has 0 radical (unpaired) electrons. The molecule has 1 atom stereocenters. The fourth-order valence-corrected chi connectivity index (χ4v) is 2.55. The van der Waals surface area contributed by atoms with Crippen molar-refractivity contribution in [1.29, 1.82) is 0 Å². The van der Waals surface area contributed by atoms with Crippen molar-refractivity contribution in [2.45, 2.75) is 31.4 Å². The van der Waals surface area contributed by atoms with Gasteiger partial charge in [-0.15, -0.1) is 0 Å². The summed E-state index contributed by atoms with van der Waals surface area (Å²) in [6, 6.07) is 0. The van der Waals surface area contributed by atoms with Crippen LogP contribution in [0.2, 0.25) is 0 Å². The minimum atomic E-state index is -3.24. The predicted octanol–water partition coefficient (Wildman–Crippen LogP) is 0.179. The van der Waals surface area contributed by atoms with Gasteiger partial charge in [0.2, 0.25) is 10.0 Å². The normalized spacial score (nSPS) is 19.2. The summed E-state index contributed by atoms with van der Waals surface area (Å²) >= 11 is 0. The van der Waals surface area contributed by atoms with Gasteiger partial charge in [0.1, 0.15) is 0 Å². The maximum atomic E-state index is 11.3. The molecule has 1 aliphatic rings. The van der Waals surface area contributed by atoms with Crippen molar-refractivity contribution in [3.05, 3.63) is 0 Å². The van der Waals surface area contributed by atoms with Crippen molar-refractivity contribution in [3.8, 4) is 0 Å². The topological polar surface area (TPSA) is 83.5 Å². The molecular weight excluding hydrogens is 206 g/mol. The maximum Gasteiger partial charge on any atom is 0.307 e. The van der Waals surface area contributed by atoms with Gasteiger partial charge < -0.3 is 5.11 Å². The second-order valence-electron chi connectivity index (χ2n) is 3.54. The quantitative estimate of drug-likeness (QED) is 0.670. The monoisotopic (exact) mass is 221 g/mol. The van der Waals surface area contributed by atoms with Gasteiger partial charge in [-0.3, -0.25) is 4.79 Å². The third kappa shape index (κ3) is 2.95. The summed E-state index contributed by atoms with van der Waals surface area (Å²) in [4.78, 5) is 10.6. The zero-order chi connectivity index (χ0) is 10.8. The maximum absolute atomic E-state index is 11.3. The highest BCUT2D eigenvalue weighted by Crippen LogP contribution is 2.27. The van der Waals surface area contributed by atoms with E-state index in [2.05, 4.69) is 4.72 Å². The molecule has 0 aromatic rings. The lowest BCUT2D eigenvalue weighted by atomic mass is 10.1. The Labute approximate surface area is 83.6 Å². The molecule has 0 spiro atoms. The van der Waals surface area contributed by atoms with E-state index in [1.165, 1.54) is 0 Å². The summed E-state index contributed by atoms with van der Waals surface area (Å²) in [5.74, 6) is -1.57. The fraction of sp³-hybridized carbons (Fsp3) is 0.875. The molecule has 14 heavy (non-hydrogen) atoms. The first-order valence-electron chi connectivity index (χ1n) is 4.68. The molecule has 0 amide bonds. The first kappa shape index (κ1) is 11.5. The van der Waals surface area contributed by atoms with Crippen molar-refractivity contribution in [1.82, 2.24) is 4.72 Å². The van der Waals surface area contributed by atoms with Gasteiger partial charge in [0.05, 0.1) is 11.2 Å².